The first-order chi connectivity index (χ1) is 18.6. The third-order valence-electron chi connectivity index (χ3n) is 6.19. The van der Waals surface area contributed by atoms with Crippen molar-refractivity contribution in [2.24, 2.45) is 11.1 Å². The first-order valence-corrected chi connectivity index (χ1v) is 12.1. The number of carbonyl (C=O) groups excluding carboxylic acids is 1. The fraction of sp³-hybridized carbons (Fsp3) is 0.444. The number of fused-ring (bicyclic) bond motifs is 1. The van der Waals surface area contributed by atoms with Crippen molar-refractivity contribution in [3.05, 3.63) is 33.7 Å². The van der Waals surface area contributed by atoms with E-state index in [1.807, 2.05) is 12.4 Å². The van der Waals surface area contributed by atoms with Crippen molar-refractivity contribution in [1.82, 2.24) is 5.48 Å². The Labute approximate surface area is 224 Å². The summed E-state index contributed by atoms with van der Waals surface area (Å²) >= 11 is 0. The number of ether oxygens (including phenoxy) is 3. The zero-order valence-electron chi connectivity index (χ0n) is 21.9. The van der Waals surface area contributed by atoms with Gasteiger partial charge in [-0.1, -0.05) is 30.8 Å². The number of oxime groups is 1. The second-order valence-corrected chi connectivity index (χ2v) is 8.72. The molecule has 0 spiro atoms. The molecule has 12 heteroatoms. The van der Waals surface area contributed by atoms with Crippen LogP contribution >= 0.6 is 0 Å². The summed E-state index contributed by atoms with van der Waals surface area (Å²) < 4.78 is 22.8. The van der Waals surface area contributed by atoms with Crippen molar-refractivity contribution >= 4 is 22.8 Å². The van der Waals surface area contributed by atoms with Gasteiger partial charge in [0.15, 0.2) is 12.7 Å². The number of nitrogens with one attached hydrogen (secondary N) is 1. The lowest BCUT2D eigenvalue weighted by molar-refractivity contribution is -0.255. The molecular weight excluding hydrogens is 512 g/mol. The molecule has 1 amide bonds. The first-order valence-electron chi connectivity index (χ1n) is 12.1. The number of aromatic hydroxyl groups is 1. The molecule has 1 fully saturated rings. The lowest BCUT2D eigenvalue weighted by Crippen LogP contribution is -2.57. The third-order valence-corrected chi connectivity index (χ3v) is 6.19. The summed E-state index contributed by atoms with van der Waals surface area (Å²) in [6.07, 6.45) is 5.75. The lowest BCUT2D eigenvalue weighted by atomic mass is 9.89. The molecule has 1 aromatic heterocycles. The van der Waals surface area contributed by atoms with Gasteiger partial charge in [0.1, 0.15) is 35.4 Å². The number of benzene rings is 1. The van der Waals surface area contributed by atoms with Crippen LogP contribution in [0.3, 0.4) is 0 Å². The molecule has 1 saturated heterocycles. The Morgan fingerprint density at radius 1 is 1.26 bits per heavy atom. The Kier molecular flexibility index (Phi) is 9.79. The maximum absolute atomic E-state index is 12.7. The fourth-order valence-corrected chi connectivity index (χ4v) is 4.23. The summed E-state index contributed by atoms with van der Waals surface area (Å²) in [5.41, 5.74) is 1.50. The highest BCUT2D eigenvalue weighted by Crippen LogP contribution is 2.36. The number of aliphatic hydroxyl groups excluding tert-OH is 1. The van der Waals surface area contributed by atoms with Crippen LogP contribution in [0.1, 0.15) is 38.3 Å². The van der Waals surface area contributed by atoms with Gasteiger partial charge in [0, 0.05) is 11.5 Å². The predicted octanol–water partition coefficient (Wildman–Crippen LogP) is 2.35. The van der Waals surface area contributed by atoms with E-state index in [0.717, 1.165) is 0 Å². The van der Waals surface area contributed by atoms with E-state index in [1.165, 1.54) is 19.1 Å². The minimum absolute atomic E-state index is 0.0552. The summed E-state index contributed by atoms with van der Waals surface area (Å²) in [6, 6.07) is 3.00. The van der Waals surface area contributed by atoms with Crippen molar-refractivity contribution in [3.63, 3.8) is 0 Å². The van der Waals surface area contributed by atoms with E-state index < -0.39 is 36.3 Å². The molecule has 1 aliphatic rings. The van der Waals surface area contributed by atoms with E-state index in [4.69, 9.17) is 41.1 Å². The predicted molar refractivity (Wildman–Crippen MR) is 139 cm³/mol. The van der Waals surface area contributed by atoms with Crippen molar-refractivity contribution in [2.45, 2.75) is 58.7 Å². The number of amides is 1. The molecule has 1 unspecified atom stereocenters. The molecule has 3 N–H and O–H groups in total. The molecule has 3 rings (SSSR count). The smallest absolute Gasteiger partial charge is 0.431 e. The Morgan fingerprint density at radius 3 is 2.64 bits per heavy atom. The highest BCUT2D eigenvalue weighted by atomic mass is 16.7. The van der Waals surface area contributed by atoms with Gasteiger partial charge in [0.25, 0.3) is 0 Å². The van der Waals surface area contributed by atoms with Gasteiger partial charge >= 0.3 is 11.7 Å². The summed E-state index contributed by atoms with van der Waals surface area (Å²) in [5, 5.41) is 25.8. The number of hydroxylamine groups is 1. The summed E-state index contributed by atoms with van der Waals surface area (Å²) in [5.74, 6) is 3.89. The van der Waals surface area contributed by atoms with Crippen molar-refractivity contribution < 1.29 is 43.3 Å². The third kappa shape index (κ3) is 6.44. The first kappa shape index (κ1) is 29.3. The van der Waals surface area contributed by atoms with Crippen LogP contribution in [-0.4, -0.2) is 59.8 Å². The Morgan fingerprint density at radius 2 is 1.97 bits per heavy atom. The standard InChI is InChI=1S/C27H30N2O10/c1-7-12-34-28-16(6)20-21(30)17-10-11-19(15(5)23(17)38-25(20)32)37-26-22(31)24(14(4)18(9-3)36-26)39-27(33)29-35-13-8-2/h1-2,10-11,14,18,22,24,26,30-31H,9,12-13H2,3-6H3,(H,29,33)/b28-16+/t14-,18-,22+,24+,26?/m0/s1. The number of carbonyl (C=O) groups is 1. The molecular formula is C27H30N2O10. The van der Waals surface area contributed by atoms with Gasteiger partial charge in [-0.3, -0.25) is 4.84 Å². The van der Waals surface area contributed by atoms with Crippen molar-refractivity contribution in [2.75, 3.05) is 13.2 Å². The zero-order chi connectivity index (χ0) is 28.7. The van der Waals surface area contributed by atoms with E-state index in [-0.39, 0.29) is 52.9 Å². The Balaban J connectivity index is 1.90. The molecule has 0 radical (unpaired) electrons. The number of hydrogen-bond acceptors (Lipinski definition) is 11. The minimum Gasteiger partial charge on any atom is -0.506 e. The number of aliphatic hydroxyl groups is 1. The highest BCUT2D eigenvalue weighted by molar-refractivity contribution is 6.04. The van der Waals surface area contributed by atoms with E-state index in [1.54, 1.807) is 13.8 Å². The molecule has 39 heavy (non-hydrogen) atoms. The number of rotatable bonds is 9. The van der Waals surface area contributed by atoms with Crippen LogP contribution in [0.2, 0.25) is 0 Å². The molecule has 2 heterocycles. The number of aryl methyl sites for hydroxylation is 1. The normalized spacial score (nSPS) is 22.9. The molecule has 12 nitrogen and oxygen atoms in total. The van der Waals surface area contributed by atoms with Crippen LogP contribution in [0.15, 0.2) is 26.5 Å². The number of nitrogens with zero attached hydrogens (tertiary/aromatic N) is 1. The van der Waals surface area contributed by atoms with E-state index in [2.05, 4.69) is 17.0 Å². The average Bonchev–Trinajstić information content (AvgIpc) is 2.90. The van der Waals surface area contributed by atoms with Crippen LogP contribution in [0.4, 0.5) is 4.79 Å². The van der Waals surface area contributed by atoms with Gasteiger partial charge in [-0.15, -0.1) is 12.8 Å². The fourth-order valence-electron chi connectivity index (χ4n) is 4.23. The largest absolute Gasteiger partial charge is 0.506 e. The molecule has 1 aliphatic heterocycles. The zero-order valence-corrected chi connectivity index (χ0v) is 21.9. The van der Waals surface area contributed by atoms with E-state index in [9.17, 15) is 19.8 Å². The minimum atomic E-state index is -1.39. The summed E-state index contributed by atoms with van der Waals surface area (Å²) in [7, 11) is 0. The van der Waals surface area contributed by atoms with Crippen LogP contribution in [0.25, 0.3) is 11.0 Å². The second kappa shape index (κ2) is 13.0. The molecule has 0 saturated carbocycles. The quantitative estimate of drug-likeness (QED) is 0.141. The van der Waals surface area contributed by atoms with Crippen molar-refractivity contribution in [1.29, 1.82) is 0 Å². The SMILES string of the molecule is C#CCO/N=C(\C)c1c(O)c2ccc(OC3O[C@@H](CC)[C@H](C)[C@@H](OC(=O)NOCC#C)[C@H]3O)c(C)c2oc1=O. The molecule has 208 valence electrons. The molecule has 2 aromatic rings. The monoisotopic (exact) mass is 542 g/mol. The van der Waals surface area contributed by atoms with Gasteiger partial charge in [-0.05, 0) is 32.4 Å². The highest BCUT2D eigenvalue weighted by Gasteiger charge is 2.46. The van der Waals surface area contributed by atoms with Gasteiger partial charge in [0.05, 0.1) is 17.2 Å². The van der Waals surface area contributed by atoms with E-state index in [0.29, 0.717) is 12.0 Å². The molecule has 0 bridgehead atoms. The lowest BCUT2D eigenvalue weighted by Gasteiger charge is -2.42. The van der Waals surface area contributed by atoms with Crippen LogP contribution in [-0.2, 0) is 19.1 Å². The van der Waals surface area contributed by atoms with Gasteiger partial charge < -0.3 is 33.7 Å². The van der Waals surface area contributed by atoms with Crippen LogP contribution in [0.5, 0.6) is 11.5 Å². The molecule has 0 aliphatic carbocycles. The maximum atomic E-state index is 12.7. The van der Waals surface area contributed by atoms with Gasteiger partial charge in [-0.25, -0.2) is 9.59 Å². The number of hydrogen-bond donors (Lipinski definition) is 3. The van der Waals surface area contributed by atoms with E-state index >= 15 is 0 Å². The number of terminal acetylenes is 2. The molecule has 1 aromatic carbocycles. The average molecular weight is 543 g/mol. The summed E-state index contributed by atoms with van der Waals surface area (Å²) in [6.45, 7) is 6.45. The Hall–Kier alpha value is -4.23. The Bertz CT molecular complexity index is 1370. The van der Waals surface area contributed by atoms with Gasteiger partial charge in [0.2, 0.25) is 6.29 Å². The second-order valence-electron chi connectivity index (χ2n) is 8.72. The summed E-state index contributed by atoms with van der Waals surface area (Å²) in [4.78, 5) is 34.5. The molecule has 5 atom stereocenters. The van der Waals surface area contributed by atoms with Crippen LogP contribution < -0.4 is 15.8 Å². The van der Waals surface area contributed by atoms with Gasteiger partial charge in [-0.2, -0.15) is 5.48 Å². The van der Waals surface area contributed by atoms with Crippen molar-refractivity contribution in [3.8, 4) is 36.2 Å². The van der Waals surface area contributed by atoms with Crippen LogP contribution in [0, 0.1) is 37.5 Å². The topological polar surface area (TPSA) is 158 Å². The maximum Gasteiger partial charge on any atom is 0.431 e.